The third-order valence-electron chi connectivity index (χ3n) is 2.02. The summed E-state index contributed by atoms with van der Waals surface area (Å²) in [4.78, 5) is 2.31. The van der Waals surface area contributed by atoms with Gasteiger partial charge in [-0.25, -0.2) is 0 Å². The van der Waals surface area contributed by atoms with Crippen molar-refractivity contribution >= 4 is 22.9 Å². The van der Waals surface area contributed by atoms with Gasteiger partial charge in [-0.05, 0) is 12.1 Å². The van der Waals surface area contributed by atoms with Gasteiger partial charge in [0.1, 0.15) is 4.99 Å². The van der Waals surface area contributed by atoms with Gasteiger partial charge < -0.3 is 15.7 Å². The zero-order valence-corrected chi connectivity index (χ0v) is 8.92. The van der Waals surface area contributed by atoms with Crippen molar-refractivity contribution in [1.82, 2.24) is 0 Å². The van der Waals surface area contributed by atoms with Gasteiger partial charge in [0.05, 0.1) is 6.61 Å². The molecule has 1 aromatic rings. The van der Waals surface area contributed by atoms with Gasteiger partial charge in [-0.1, -0.05) is 24.4 Å². The molecule has 1 rings (SSSR count). The topological polar surface area (TPSA) is 49.5 Å². The number of aliphatic hydroxyl groups excluding tert-OH is 1. The van der Waals surface area contributed by atoms with Gasteiger partial charge in [0.2, 0.25) is 0 Å². The fourth-order valence-electron chi connectivity index (χ4n) is 1.29. The van der Waals surface area contributed by atoms with Crippen molar-refractivity contribution in [3.8, 4) is 0 Å². The van der Waals surface area contributed by atoms with E-state index < -0.39 is 0 Å². The second-order valence-corrected chi connectivity index (χ2v) is 3.47. The van der Waals surface area contributed by atoms with E-state index in [1.807, 2.05) is 36.2 Å². The van der Waals surface area contributed by atoms with E-state index in [-0.39, 0.29) is 6.61 Å². The Kier molecular flexibility index (Phi) is 3.85. The molecule has 0 amide bonds. The van der Waals surface area contributed by atoms with Gasteiger partial charge in [0.25, 0.3) is 0 Å². The summed E-state index contributed by atoms with van der Waals surface area (Å²) in [6, 6.07) is 7.63. The molecule has 0 saturated carbocycles. The van der Waals surface area contributed by atoms with Gasteiger partial charge >= 0.3 is 0 Å². The van der Waals surface area contributed by atoms with Crippen molar-refractivity contribution in [1.29, 1.82) is 0 Å². The molecule has 0 spiro atoms. The molecule has 0 aliphatic heterocycles. The number of hydrogen-bond donors (Lipinski definition) is 2. The summed E-state index contributed by atoms with van der Waals surface area (Å²) in [5.74, 6) is 0. The number of nitrogens with two attached hydrogens (primary N) is 1. The predicted octanol–water partition coefficient (Wildman–Crippen LogP) is 0.749. The summed E-state index contributed by atoms with van der Waals surface area (Å²) in [6.07, 6.45) is 0. The van der Waals surface area contributed by atoms with Crippen LogP contribution in [0.1, 0.15) is 5.56 Å². The van der Waals surface area contributed by atoms with E-state index in [1.165, 1.54) is 0 Å². The number of likely N-dealkylation sites (N-methyl/N-ethyl adjacent to an activating group) is 1. The Morgan fingerprint density at radius 2 is 2.14 bits per heavy atom. The molecule has 0 aliphatic carbocycles. The number of nitrogens with zero attached hydrogens (tertiary/aromatic N) is 1. The minimum Gasteiger partial charge on any atom is -0.395 e. The molecule has 4 heteroatoms. The van der Waals surface area contributed by atoms with Crippen LogP contribution in [-0.2, 0) is 0 Å². The second-order valence-electron chi connectivity index (χ2n) is 3.03. The molecule has 0 heterocycles. The van der Waals surface area contributed by atoms with E-state index in [0.29, 0.717) is 11.5 Å². The molecule has 1 aromatic carbocycles. The van der Waals surface area contributed by atoms with Crippen molar-refractivity contribution < 1.29 is 5.11 Å². The number of benzene rings is 1. The normalized spacial score (nSPS) is 9.86. The summed E-state index contributed by atoms with van der Waals surface area (Å²) in [7, 11) is 1.90. The Morgan fingerprint density at radius 1 is 1.50 bits per heavy atom. The minimum atomic E-state index is 0.113. The van der Waals surface area contributed by atoms with Crippen molar-refractivity contribution in [2.75, 3.05) is 25.1 Å². The van der Waals surface area contributed by atoms with Crippen LogP contribution in [-0.4, -0.2) is 30.3 Å². The quantitative estimate of drug-likeness (QED) is 0.720. The van der Waals surface area contributed by atoms with E-state index in [0.717, 1.165) is 11.3 Å². The lowest BCUT2D eigenvalue weighted by Gasteiger charge is -2.20. The van der Waals surface area contributed by atoms with Crippen molar-refractivity contribution in [2.24, 2.45) is 5.73 Å². The first-order chi connectivity index (χ1) is 6.66. The summed E-state index contributed by atoms with van der Waals surface area (Å²) in [6.45, 7) is 0.682. The number of anilines is 1. The maximum absolute atomic E-state index is 8.82. The maximum atomic E-state index is 8.82. The van der Waals surface area contributed by atoms with Crippen molar-refractivity contribution in [3.05, 3.63) is 29.8 Å². The van der Waals surface area contributed by atoms with E-state index in [1.54, 1.807) is 0 Å². The van der Waals surface area contributed by atoms with Crippen LogP contribution < -0.4 is 10.6 Å². The highest BCUT2D eigenvalue weighted by Crippen LogP contribution is 2.18. The lowest BCUT2D eigenvalue weighted by molar-refractivity contribution is 0.304. The fourth-order valence-corrected chi connectivity index (χ4v) is 1.46. The Morgan fingerprint density at radius 3 is 2.71 bits per heavy atom. The Bertz CT molecular complexity index is 328. The number of para-hydroxylation sites is 1. The van der Waals surface area contributed by atoms with E-state index >= 15 is 0 Å². The smallest absolute Gasteiger partial charge is 0.106 e. The first-order valence-electron chi connectivity index (χ1n) is 4.37. The average Bonchev–Trinajstić information content (AvgIpc) is 2.18. The van der Waals surface area contributed by atoms with Crippen LogP contribution in [0.5, 0.6) is 0 Å². The van der Waals surface area contributed by atoms with Crippen LogP contribution in [0.3, 0.4) is 0 Å². The first-order valence-corrected chi connectivity index (χ1v) is 4.78. The molecule has 0 radical (unpaired) electrons. The molecule has 0 aromatic heterocycles. The monoisotopic (exact) mass is 210 g/mol. The highest BCUT2D eigenvalue weighted by atomic mass is 32.1. The van der Waals surface area contributed by atoms with E-state index in [9.17, 15) is 0 Å². The number of aliphatic hydroxyl groups is 1. The lowest BCUT2D eigenvalue weighted by atomic mass is 10.1. The molecule has 0 unspecified atom stereocenters. The molecule has 0 aliphatic rings. The Hall–Kier alpha value is -1.13. The molecule has 0 bridgehead atoms. The number of hydrogen-bond acceptors (Lipinski definition) is 3. The Labute approximate surface area is 89.1 Å². The van der Waals surface area contributed by atoms with E-state index in [2.05, 4.69) is 0 Å². The number of thiocarbonyl (C=S) groups is 1. The molecular formula is C10H14N2OS. The predicted molar refractivity (Wildman–Crippen MR) is 62.7 cm³/mol. The second kappa shape index (κ2) is 4.93. The fraction of sp³-hybridized carbons (Fsp3) is 0.300. The van der Waals surface area contributed by atoms with Crippen molar-refractivity contribution in [2.45, 2.75) is 0 Å². The molecule has 3 nitrogen and oxygen atoms in total. The molecule has 3 N–H and O–H groups in total. The van der Waals surface area contributed by atoms with Crippen LogP contribution in [0.25, 0.3) is 0 Å². The number of rotatable bonds is 4. The van der Waals surface area contributed by atoms with Crippen LogP contribution in [0.4, 0.5) is 5.69 Å². The van der Waals surface area contributed by atoms with Gasteiger partial charge in [-0.15, -0.1) is 0 Å². The molecular weight excluding hydrogens is 196 g/mol. The van der Waals surface area contributed by atoms with Gasteiger partial charge in [0.15, 0.2) is 0 Å². The summed E-state index contributed by atoms with van der Waals surface area (Å²) in [5.41, 5.74) is 7.39. The van der Waals surface area contributed by atoms with Gasteiger partial charge in [0, 0.05) is 24.8 Å². The third kappa shape index (κ3) is 2.43. The zero-order valence-electron chi connectivity index (χ0n) is 8.10. The highest BCUT2D eigenvalue weighted by molar-refractivity contribution is 7.80. The summed E-state index contributed by atoms with van der Waals surface area (Å²) < 4.78 is 0. The average molecular weight is 210 g/mol. The molecule has 76 valence electrons. The molecule has 0 saturated heterocycles. The first kappa shape index (κ1) is 10.9. The van der Waals surface area contributed by atoms with Gasteiger partial charge in [-0.3, -0.25) is 0 Å². The third-order valence-corrected chi connectivity index (χ3v) is 2.24. The SMILES string of the molecule is CN(CCO)c1ccccc1C(N)=S. The largest absolute Gasteiger partial charge is 0.395 e. The standard InChI is InChI=1S/C10H14N2OS/c1-12(6-7-13)9-5-3-2-4-8(9)10(11)14/h2-5,13H,6-7H2,1H3,(H2,11,14). The highest BCUT2D eigenvalue weighted by Gasteiger charge is 2.07. The van der Waals surface area contributed by atoms with Crippen LogP contribution in [0.2, 0.25) is 0 Å². The lowest BCUT2D eigenvalue weighted by Crippen LogP contribution is -2.24. The van der Waals surface area contributed by atoms with Crippen molar-refractivity contribution in [3.63, 3.8) is 0 Å². The zero-order chi connectivity index (χ0) is 10.6. The maximum Gasteiger partial charge on any atom is 0.106 e. The minimum absolute atomic E-state index is 0.113. The van der Waals surface area contributed by atoms with Gasteiger partial charge in [-0.2, -0.15) is 0 Å². The molecule has 0 atom stereocenters. The Balaban J connectivity index is 3.00. The van der Waals surface area contributed by atoms with E-state index in [4.69, 9.17) is 23.1 Å². The van der Waals surface area contributed by atoms with Crippen LogP contribution in [0, 0.1) is 0 Å². The van der Waals surface area contributed by atoms with Crippen LogP contribution in [0.15, 0.2) is 24.3 Å². The molecule has 14 heavy (non-hydrogen) atoms. The van der Waals surface area contributed by atoms with Crippen LogP contribution >= 0.6 is 12.2 Å². The summed E-state index contributed by atoms with van der Waals surface area (Å²) in [5, 5.41) is 8.82. The summed E-state index contributed by atoms with van der Waals surface area (Å²) >= 11 is 4.94. The molecule has 0 fully saturated rings.